The van der Waals surface area contributed by atoms with Crippen LogP contribution in [0.5, 0.6) is 11.5 Å². The molecule has 1 aliphatic heterocycles. The lowest BCUT2D eigenvalue weighted by Gasteiger charge is -2.35. The van der Waals surface area contributed by atoms with E-state index in [1.54, 1.807) is 29.3 Å². The summed E-state index contributed by atoms with van der Waals surface area (Å²) in [4.78, 5) is 21.2. The van der Waals surface area contributed by atoms with Gasteiger partial charge in [0.15, 0.2) is 11.5 Å². The van der Waals surface area contributed by atoms with Crippen LogP contribution in [-0.4, -0.2) is 55.2 Å². The Bertz CT molecular complexity index is 903. The van der Waals surface area contributed by atoms with E-state index in [0.29, 0.717) is 77.3 Å². The lowest BCUT2D eigenvalue weighted by atomic mass is 10.1. The molecule has 1 saturated heterocycles. The lowest BCUT2D eigenvalue weighted by molar-refractivity contribution is 0.0746. The van der Waals surface area contributed by atoms with Crippen molar-refractivity contribution >= 4 is 46.5 Å². The van der Waals surface area contributed by atoms with E-state index >= 15 is 0 Å². The quantitative estimate of drug-likeness (QED) is 0.555. The first kappa shape index (κ1) is 22.8. The van der Waals surface area contributed by atoms with Crippen LogP contribution in [0.15, 0.2) is 24.4 Å². The second-order valence-corrected chi connectivity index (χ2v) is 8.06. The summed E-state index contributed by atoms with van der Waals surface area (Å²) < 4.78 is 11.4. The van der Waals surface area contributed by atoms with Gasteiger partial charge in [-0.25, -0.2) is 4.98 Å². The molecule has 1 aliphatic rings. The van der Waals surface area contributed by atoms with E-state index in [-0.39, 0.29) is 5.91 Å². The van der Waals surface area contributed by atoms with Crippen molar-refractivity contribution in [1.29, 1.82) is 0 Å². The van der Waals surface area contributed by atoms with Gasteiger partial charge in [0.2, 0.25) is 0 Å². The number of rotatable bonds is 7. The maximum atomic E-state index is 13.1. The van der Waals surface area contributed by atoms with Crippen molar-refractivity contribution in [2.24, 2.45) is 0 Å². The molecule has 0 radical (unpaired) electrons. The van der Waals surface area contributed by atoms with Gasteiger partial charge in [0.1, 0.15) is 5.82 Å². The first-order valence-corrected chi connectivity index (χ1v) is 11.0. The highest BCUT2D eigenvalue weighted by atomic mass is 35.5. The van der Waals surface area contributed by atoms with E-state index in [4.69, 9.17) is 44.3 Å². The number of aromatic nitrogens is 1. The fourth-order valence-electron chi connectivity index (χ4n) is 3.24. The minimum atomic E-state index is -0.102. The van der Waals surface area contributed by atoms with Crippen molar-refractivity contribution in [3.05, 3.63) is 45.0 Å². The Balaban J connectivity index is 1.72. The Morgan fingerprint density at radius 1 is 1.03 bits per heavy atom. The SMILES string of the molecule is CCCOc1c(Cl)cc(C(=O)N2CCN(c3ncc(Cl)cc3Cl)CC2)cc1OCC. The van der Waals surface area contributed by atoms with Crippen LogP contribution in [0.25, 0.3) is 0 Å². The Morgan fingerprint density at radius 2 is 1.77 bits per heavy atom. The molecule has 162 valence electrons. The Kier molecular flexibility index (Phi) is 7.92. The second-order valence-electron chi connectivity index (χ2n) is 6.81. The van der Waals surface area contributed by atoms with E-state index in [1.165, 1.54) is 0 Å². The standard InChI is InChI=1S/C21H24Cl3N3O3/c1-3-9-30-19-16(23)10-14(11-18(19)29-4-2)21(28)27-7-5-26(6-8-27)20-17(24)12-15(22)13-25-20/h10-13H,3-9H2,1-2H3. The molecule has 9 heteroatoms. The normalized spacial score (nSPS) is 14.0. The van der Waals surface area contributed by atoms with Gasteiger partial charge in [0, 0.05) is 37.9 Å². The van der Waals surface area contributed by atoms with Gasteiger partial charge in [-0.05, 0) is 31.5 Å². The van der Waals surface area contributed by atoms with E-state index in [9.17, 15) is 4.79 Å². The summed E-state index contributed by atoms with van der Waals surface area (Å²) in [5.74, 6) is 1.53. The summed E-state index contributed by atoms with van der Waals surface area (Å²) in [5, 5.41) is 1.36. The molecule has 1 amide bonds. The molecule has 0 N–H and O–H groups in total. The van der Waals surface area contributed by atoms with E-state index in [0.717, 1.165) is 6.42 Å². The number of pyridine rings is 1. The fourth-order valence-corrected chi connectivity index (χ4v) is 4.01. The first-order chi connectivity index (χ1) is 14.4. The third-order valence-electron chi connectivity index (χ3n) is 4.66. The summed E-state index contributed by atoms with van der Waals surface area (Å²) in [5.41, 5.74) is 0.475. The highest BCUT2D eigenvalue weighted by molar-refractivity contribution is 6.36. The minimum absolute atomic E-state index is 0.102. The maximum Gasteiger partial charge on any atom is 0.254 e. The van der Waals surface area contributed by atoms with E-state index in [2.05, 4.69) is 4.98 Å². The fraction of sp³-hybridized carbons (Fsp3) is 0.429. The number of nitrogens with zero attached hydrogens (tertiary/aromatic N) is 3. The van der Waals surface area contributed by atoms with Crippen LogP contribution in [0.3, 0.4) is 0 Å². The number of hydrogen-bond donors (Lipinski definition) is 0. The average Bonchev–Trinajstić information content (AvgIpc) is 2.73. The van der Waals surface area contributed by atoms with Gasteiger partial charge in [0.25, 0.3) is 5.91 Å². The zero-order valence-electron chi connectivity index (χ0n) is 17.0. The van der Waals surface area contributed by atoms with Crippen LogP contribution in [0, 0.1) is 0 Å². The Hall–Kier alpha value is -1.89. The predicted molar refractivity (Wildman–Crippen MR) is 121 cm³/mol. The summed E-state index contributed by atoms with van der Waals surface area (Å²) in [6.07, 6.45) is 2.42. The molecule has 0 unspecified atom stereocenters. The van der Waals surface area contributed by atoms with Crippen molar-refractivity contribution in [2.75, 3.05) is 44.3 Å². The van der Waals surface area contributed by atoms with Gasteiger partial charge >= 0.3 is 0 Å². The van der Waals surface area contributed by atoms with Gasteiger partial charge in [-0.3, -0.25) is 4.79 Å². The zero-order chi connectivity index (χ0) is 21.7. The van der Waals surface area contributed by atoms with Crippen molar-refractivity contribution in [1.82, 2.24) is 9.88 Å². The lowest BCUT2D eigenvalue weighted by Crippen LogP contribution is -2.49. The van der Waals surface area contributed by atoms with E-state index < -0.39 is 0 Å². The monoisotopic (exact) mass is 471 g/mol. The Morgan fingerprint density at radius 3 is 2.40 bits per heavy atom. The number of halogens is 3. The van der Waals surface area contributed by atoms with Crippen molar-refractivity contribution < 1.29 is 14.3 Å². The molecule has 0 atom stereocenters. The third-order valence-corrected chi connectivity index (χ3v) is 5.43. The highest BCUT2D eigenvalue weighted by Gasteiger charge is 2.26. The van der Waals surface area contributed by atoms with Crippen LogP contribution in [0.4, 0.5) is 5.82 Å². The number of piperazine rings is 1. The second kappa shape index (κ2) is 10.4. The van der Waals surface area contributed by atoms with Gasteiger partial charge in [-0.1, -0.05) is 41.7 Å². The van der Waals surface area contributed by atoms with Crippen LogP contribution >= 0.6 is 34.8 Å². The largest absolute Gasteiger partial charge is 0.490 e. The van der Waals surface area contributed by atoms with Crippen molar-refractivity contribution in [3.8, 4) is 11.5 Å². The number of anilines is 1. The summed E-state index contributed by atoms with van der Waals surface area (Å²) in [6.45, 7) is 7.16. The van der Waals surface area contributed by atoms with Crippen LogP contribution < -0.4 is 14.4 Å². The maximum absolute atomic E-state index is 13.1. The molecule has 0 aliphatic carbocycles. The smallest absolute Gasteiger partial charge is 0.254 e. The molecule has 1 aromatic heterocycles. The van der Waals surface area contributed by atoms with Gasteiger partial charge < -0.3 is 19.3 Å². The average molecular weight is 473 g/mol. The van der Waals surface area contributed by atoms with Crippen LogP contribution in [0.2, 0.25) is 15.1 Å². The van der Waals surface area contributed by atoms with Crippen molar-refractivity contribution in [3.63, 3.8) is 0 Å². The van der Waals surface area contributed by atoms with Crippen molar-refractivity contribution in [2.45, 2.75) is 20.3 Å². The topological polar surface area (TPSA) is 54.9 Å². The summed E-state index contributed by atoms with van der Waals surface area (Å²) in [7, 11) is 0. The molecule has 30 heavy (non-hydrogen) atoms. The molecular formula is C21H24Cl3N3O3. The number of carbonyl (C=O) groups is 1. The molecule has 3 rings (SSSR count). The molecular weight excluding hydrogens is 449 g/mol. The molecule has 2 aromatic rings. The highest BCUT2D eigenvalue weighted by Crippen LogP contribution is 2.37. The molecule has 1 aromatic carbocycles. The molecule has 0 bridgehead atoms. The molecule has 6 nitrogen and oxygen atoms in total. The zero-order valence-corrected chi connectivity index (χ0v) is 19.2. The molecule has 2 heterocycles. The number of ether oxygens (including phenoxy) is 2. The van der Waals surface area contributed by atoms with Gasteiger partial charge in [0.05, 0.1) is 28.3 Å². The summed E-state index contributed by atoms with van der Waals surface area (Å²) >= 11 is 18.6. The van der Waals surface area contributed by atoms with Gasteiger partial charge in [-0.15, -0.1) is 0 Å². The number of hydrogen-bond acceptors (Lipinski definition) is 5. The molecule has 1 fully saturated rings. The number of benzene rings is 1. The summed E-state index contributed by atoms with van der Waals surface area (Å²) in [6, 6.07) is 5.01. The van der Waals surface area contributed by atoms with Crippen LogP contribution in [0.1, 0.15) is 30.6 Å². The molecule has 0 spiro atoms. The van der Waals surface area contributed by atoms with Crippen LogP contribution in [-0.2, 0) is 0 Å². The van der Waals surface area contributed by atoms with Gasteiger partial charge in [-0.2, -0.15) is 0 Å². The Labute approximate surface area is 191 Å². The number of carbonyl (C=O) groups excluding carboxylic acids is 1. The third kappa shape index (κ3) is 5.23. The predicted octanol–water partition coefficient (Wildman–Crippen LogP) is 5.19. The molecule has 0 saturated carbocycles. The first-order valence-electron chi connectivity index (χ1n) is 9.89. The van der Waals surface area contributed by atoms with E-state index in [1.807, 2.05) is 18.7 Å². The number of amides is 1. The minimum Gasteiger partial charge on any atom is -0.490 e.